The van der Waals surface area contributed by atoms with Crippen molar-refractivity contribution in [1.29, 1.82) is 0 Å². The molecule has 0 aromatic carbocycles. The van der Waals surface area contributed by atoms with Gasteiger partial charge in [0.25, 0.3) is 0 Å². The zero-order valence-corrected chi connectivity index (χ0v) is 13.4. The Morgan fingerprint density at radius 1 is 1.38 bits per heavy atom. The highest BCUT2D eigenvalue weighted by Crippen LogP contribution is 2.19. The number of amides is 1. The number of hydrogen-bond acceptors (Lipinski definition) is 5. The van der Waals surface area contributed by atoms with Gasteiger partial charge in [0.05, 0.1) is 23.7 Å². The molecule has 0 saturated heterocycles. The van der Waals surface area contributed by atoms with Gasteiger partial charge in [0, 0.05) is 24.4 Å². The quantitative estimate of drug-likeness (QED) is 0.866. The minimum Gasteiger partial charge on any atom is -0.333 e. The molecule has 3 rings (SSSR count). The number of aryl methyl sites for hydroxylation is 1. The molecule has 0 fully saturated rings. The van der Waals surface area contributed by atoms with Gasteiger partial charge < -0.3 is 9.47 Å². The first-order chi connectivity index (χ1) is 10.0. The predicted molar refractivity (Wildman–Crippen MR) is 80.1 cm³/mol. The number of carbonyl (C=O) groups is 1. The highest BCUT2D eigenvalue weighted by molar-refractivity contribution is 7.09. The fourth-order valence-electron chi connectivity index (χ4n) is 2.58. The summed E-state index contributed by atoms with van der Waals surface area (Å²) in [6, 6.07) is 0. The average Bonchev–Trinajstić information content (AvgIpc) is 3.04. The summed E-state index contributed by atoms with van der Waals surface area (Å²) >= 11 is 1.58. The summed E-state index contributed by atoms with van der Waals surface area (Å²) < 4.78 is 2.14. The fourth-order valence-corrected chi connectivity index (χ4v) is 3.19. The lowest BCUT2D eigenvalue weighted by molar-refractivity contribution is -0.132. The molecular formula is C14H19N5OS. The van der Waals surface area contributed by atoms with Gasteiger partial charge in [0.1, 0.15) is 5.82 Å². The van der Waals surface area contributed by atoms with Crippen molar-refractivity contribution in [2.45, 2.75) is 46.2 Å². The molecule has 0 radical (unpaired) electrons. The van der Waals surface area contributed by atoms with Crippen LogP contribution in [0.3, 0.4) is 0 Å². The van der Waals surface area contributed by atoms with Crippen LogP contribution in [0.25, 0.3) is 0 Å². The average molecular weight is 305 g/mol. The molecule has 0 atom stereocenters. The molecule has 6 nitrogen and oxygen atoms in total. The first kappa shape index (κ1) is 14.2. The zero-order chi connectivity index (χ0) is 15.0. The second-order valence-corrected chi connectivity index (χ2v) is 6.69. The normalized spacial score (nSPS) is 14.6. The van der Waals surface area contributed by atoms with E-state index in [0.29, 0.717) is 25.4 Å². The van der Waals surface area contributed by atoms with Gasteiger partial charge in [0.15, 0.2) is 5.82 Å². The van der Waals surface area contributed by atoms with E-state index >= 15 is 0 Å². The Balaban J connectivity index is 1.70. The Morgan fingerprint density at radius 2 is 2.19 bits per heavy atom. The standard InChI is InChI=1S/C14H19N5OS/c1-9(2)14-17-16-12-7-18(4-5-19(12)14)13(20)6-11-8-21-10(3)15-11/h8-9H,4-7H2,1-3H3. The van der Waals surface area contributed by atoms with Crippen molar-refractivity contribution >= 4 is 17.2 Å². The van der Waals surface area contributed by atoms with Gasteiger partial charge in [-0.15, -0.1) is 21.5 Å². The Morgan fingerprint density at radius 3 is 2.86 bits per heavy atom. The largest absolute Gasteiger partial charge is 0.333 e. The molecule has 0 unspecified atom stereocenters. The number of hydrogen-bond donors (Lipinski definition) is 0. The summed E-state index contributed by atoms with van der Waals surface area (Å²) in [5.41, 5.74) is 0.859. The monoisotopic (exact) mass is 305 g/mol. The van der Waals surface area contributed by atoms with Crippen LogP contribution in [0.5, 0.6) is 0 Å². The highest BCUT2D eigenvalue weighted by atomic mass is 32.1. The van der Waals surface area contributed by atoms with E-state index < -0.39 is 0 Å². The maximum atomic E-state index is 12.4. The molecule has 1 amide bonds. The first-order valence-corrected chi connectivity index (χ1v) is 8.03. The second-order valence-electron chi connectivity index (χ2n) is 5.63. The lowest BCUT2D eigenvalue weighted by Gasteiger charge is -2.28. The van der Waals surface area contributed by atoms with E-state index in [4.69, 9.17) is 0 Å². The smallest absolute Gasteiger partial charge is 0.229 e. The Labute approximate surface area is 127 Å². The molecule has 1 aliphatic rings. The van der Waals surface area contributed by atoms with Gasteiger partial charge in [-0.25, -0.2) is 4.98 Å². The molecule has 1 aliphatic heterocycles. The number of nitrogens with zero attached hydrogens (tertiary/aromatic N) is 5. The fraction of sp³-hybridized carbons (Fsp3) is 0.571. The van der Waals surface area contributed by atoms with Crippen molar-refractivity contribution in [2.75, 3.05) is 6.54 Å². The SMILES string of the molecule is Cc1nc(CC(=O)N2CCn3c(nnc3C(C)C)C2)cs1. The van der Waals surface area contributed by atoms with Gasteiger partial charge in [-0.1, -0.05) is 13.8 Å². The summed E-state index contributed by atoms with van der Waals surface area (Å²) in [7, 11) is 0. The minimum absolute atomic E-state index is 0.112. The lowest BCUT2D eigenvalue weighted by Crippen LogP contribution is -2.39. The summed E-state index contributed by atoms with van der Waals surface area (Å²) in [6.07, 6.45) is 0.371. The van der Waals surface area contributed by atoms with E-state index in [9.17, 15) is 4.79 Å². The molecule has 112 valence electrons. The molecule has 0 N–H and O–H groups in total. The maximum absolute atomic E-state index is 12.4. The number of thiazole rings is 1. The minimum atomic E-state index is 0.112. The molecule has 2 aromatic rings. The van der Waals surface area contributed by atoms with Crippen LogP contribution in [-0.2, 0) is 24.3 Å². The van der Waals surface area contributed by atoms with E-state index in [1.807, 2.05) is 17.2 Å². The molecule has 3 heterocycles. The predicted octanol–water partition coefficient (Wildman–Crippen LogP) is 1.75. The number of carbonyl (C=O) groups excluding carboxylic acids is 1. The van der Waals surface area contributed by atoms with E-state index in [1.54, 1.807) is 11.3 Å². The summed E-state index contributed by atoms with van der Waals surface area (Å²) in [6.45, 7) is 8.21. The van der Waals surface area contributed by atoms with Crippen LogP contribution >= 0.6 is 11.3 Å². The van der Waals surface area contributed by atoms with Crippen LogP contribution in [0.4, 0.5) is 0 Å². The van der Waals surface area contributed by atoms with Crippen molar-refractivity contribution in [2.24, 2.45) is 0 Å². The van der Waals surface area contributed by atoms with Gasteiger partial charge in [-0.3, -0.25) is 4.79 Å². The van der Waals surface area contributed by atoms with Crippen molar-refractivity contribution in [3.8, 4) is 0 Å². The zero-order valence-electron chi connectivity index (χ0n) is 12.5. The highest BCUT2D eigenvalue weighted by Gasteiger charge is 2.25. The van der Waals surface area contributed by atoms with Gasteiger partial charge in [0.2, 0.25) is 5.91 Å². The van der Waals surface area contributed by atoms with Gasteiger partial charge in [-0.2, -0.15) is 0 Å². The summed E-state index contributed by atoms with van der Waals surface area (Å²) in [4.78, 5) is 18.6. The molecule has 0 saturated carbocycles. The first-order valence-electron chi connectivity index (χ1n) is 7.15. The van der Waals surface area contributed by atoms with E-state index in [1.165, 1.54) is 0 Å². The Kier molecular flexibility index (Phi) is 3.75. The molecule has 0 bridgehead atoms. The lowest BCUT2D eigenvalue weighted by atomic mass is 10.2. The van der Waals surface area contributed by atoms with Crippen LogP contribution in [0.1, 0.15) is 42.1 Å². The maximum Gasteiger partial charge on any atom is 0.229 e. The Bertz CT molecular complexity index is 660. The molecule has 2 aromatic heterocycles. The summed E-state index contributed by atoms with van der Waals surface area (Å²) in [5, 5.41) is 11.4. The molecular weight excluding hydrogens is 286 g/mol. The van der Waals surface area contributed by atoms with Gasteiger partial charge in [-0.05, 0) is 6.92 Å². The molecule has 0 aliphatic carbocycles. The summed E-state index contributed by atoms with van der Waals surface area (Å²) in [5.74, 6) is 2.35. The third kappa shape index (κ3) is 2.83. The van der Waals surface area contributed by atoms with Crippen LogP contribution < -0.4 is 0 Å². The van der Waals surface area contributed by atoms with Crippen LogP contribution in [0.15, 0.2) is 5.38 Å². The van der Waals surface area contributed by atoms with Crippen molar-refractivity contribution in [1.82, 2.24) is 24.6 Å². The van der Waals surface area contributed by atoms with E-state index in [0.717, 1.165) is 28.9 Å². The second kappa shape index (κ2) is 5.55. The van der Waals surface area contributed by atoms with E-state index in [-0.39, 0.29) is 5.91 Å². The Hall–Kier alpha value is -1.76. The van der Waals surface area contributed by atoms with Crippen molar-refractivity contribution < 1.29 is 4.79 Å². The molecule has 21 heavy (non-hydrogen) atoms. The molecule has 7 heteroatoms. The number of fused-ring (bicyclic) bond motifs is 1. The number of rotatable bonds is 3. The van der Waals surface area contributed by atoms with Crippen LogP contribution in [-0.4, -0.2) is 37.1 Å². The van der Waals surface area contributed by atoms with Crippen LogP contribution in [0.2, 0.25) is 0 Å². The molecule has 0 spiro atoms. The van der Waals surface area contributed by atoms with Crippen LogP contribution in [0, 0.1) is 6.92 Å². The van der Waals surface area contributed by atoms with Crippen molar-refractivity contribution in [3.05, 3.63) is 27.7 Å². The van der Waals surface area contributed by atoms with Gasteiger partial charge >= 0.3 is 0 Å². The topological polar surface area (TPSA) is 63.9 Å². The third-order valence-corrected chi connectivity index (χ3v) is 4.47. The third-order valence-electron chi connectivity index (χ3n) is 3.65. The van der Waals surface area contributed by atoms with Crippen molar-refractivity contribution in [3.63, 3.8) is 0 Å². The van der Waals surface area contributed by atoms with E-state index in [2.05, 4.69) is 33.6 Å². The number of aromatic nitrogens is 4.